The number of carbonyl (C=O) groups is 2. The molecular formula is C10H14N2O2. The second-order valence-electron chi connectivity index (χ2n) is 3.14. The van der Waals surface area contributed by atoms with Gasteiger partial charge in [0.05, 0.1) is 0 Å². The zero-order valence-corrected chi connectivity index (χ0v) is 8.63. The van der Waals surface area contributed by atoms with Crippen molar-refractivity contribution in [2.45, 2.75) is 13.8 Å². The van der Waals surface area contributed by atoms with Gasteiger partial charge in [-0.05, 0) is 19.9 Å². The van der Waals surface area contributed by atoms with Crippen molar-refractivity contribution in [1.29, 1.82) is 0 Å². The molecule has 4 nitrogen and oxygen atoms in total. The minimum atomic E-state index is -0.150. The average Bonchev–Trinajstić information content (AvgIpc) is 2.48. The van der Waals surface area contributed by atoms with Gasteiger partial charge in [-0.1, -0.05) is 0 Å². The lowest BCUT2D eigenvalue weighted by Gasteiger charge is -2.01. The molecule has 1 amide bonds. The molecule has 0 aliphatic rings. The highest BCUT2D eigenvalue weighted by Gasteiger charge is 2.12. The fourth-order valence-corrected chi connectivity index (χ4v) is 1.23. The lowest BCUT2D eigenvalue weighted by molar-refractivity contribution is 0.0947. The smallest absolute Gasteiger partial charge is 0.267 e. The fourth-order valence-electron chi connectivity index (χ4n) is 1.23. The molecule has 1 heterocycles. The molecule has 1 aromatic heterocycles. The molecule has 4 heteroatoms. The Morgan fingerprint density at radius 1 is 1.50 bits per heavy atom. The van der Waals surface area contributed by atoms with Crippen molar-refractivity contribution in [2.24, 2.45) is 7.05 Å². The predicted octanol–water partition coefficient (Wildman–Crippen LogP) is 0.977. The summed E-state index contributed by atoms with van der Waals surface area (Å²) >= 11 is 0. The molecule has 0 saturated carbocycles. The van der Waals surface area contributed by atoms with Crippen molar-refractivity contribution in [1.82, 2.24) is 9.88 Å². The Morgan fingerprint density at radius 3 is 2.57 bits per heavy atom. The molecule has 1 aromatic rings. The fraction of sp³-hybridized carbons (Fsp3) is 0.400. The van der Waals surface area contributed by atoms with Gasteiger partial charge in [0.15, 0.2) is 5.78 Å². The van der Waals surface area contributed by atoms with E-state index in [0.29, 0.717) is 17.8 Å². The standard InChI is InChI=1S/C10H14N2O2/c1-4-11-10(14)9-5-8(7(2)13)6-12(9)3/h5-6H,4H2,1-3H3,(H,11,14). The summed E-state index contributed by atoms with van der Waals surface area (Å²) in [5.41, 5.74) is 1.07. The number of carbonyl (C=O) groups excluding carboxylic acids is 2. The summed E-state index contributed by atoms with van der Waals surface area (Å²) in [6.45, 7) is 3.92. The lowest BCUT2D eigenvalue weighted by Crippen LogP contribution is -2.24. The summed E-state index contributed by atoms with van der Waals surface area (Å²) in [4.78, 5) is 22.5. The van der Waals surface area contributed by atoms with E-state index in [0.717, 1.165) is 0 Å². The summed E-state index contributed by atoms with van der Waals surface area (Å²) in [6.07, 6.45) is 1.66. The molecule has 14 heavy (non-hydrogen) atoms. The van der Waals surface area contributed by atoms with Gasteiger partial charge in [-0.3, -0.25) is 9.59 Å². The third-order valence-electron chi connectivity index (χ3n) is 1.98. The van der Waals surface area contributed by atoms with Gasteiger partial charge in [-0.25, -0.2) is 0 Å². The van der Waals surface area contributed by atoms with E-state index in [-0.39, 0.29) is 11.7 Å². The van der Waals surface area contributed by atoms with Crippen molar-refractivity contribution >= 4 is 11.7 Å². The number of aromatic nitrogens is 1. The number of hydrogen-bond donors (Lipinski definition) is 1. The maximum Gasteiger partial charge on any atom is 0.267 e. The second kappa shape index (κ2) is 4.09. The van der Waals surface area contributed by atoms with Crippen LogP contribution in [0.4, 0.5) is 0 Å². The Hall–Kier alpha value is -1.58. The third-order valence-corrected chi connectivity index (χ3v) is 1.98. The number of Topliss-reactive ketones (excluding diaryl/α,β-unsaturated/α-hetero) is 1. The van der Waals surface area contributed by atoms with E-state index in [1.807, 2.05) is 6.92 Å². The van der Waals surface area contributed by atoms with Crippen LogP contribution in [0.25, 0.3) is 0 Å². The molecule has 0 unspecified atom stereocenters. The van der Waals surface area contributed by atoms with Crippen LogP contribution in [0.1, 0.15) is 34.7 Å². The highest BCUT2D eigenvalue weighted by molar-refractivity contribution is 5.99. The van der Waals surface area contributed by atoms with Gasteiger partial charge in [-0.2, -0.15) is 0 Å². The molecule has 0 atom stereocenters. The molecule has 1 rings (SSSR count). The Balaban J connectivity index is 2.98. The van der Waals surface area contributed by atoms with E-state index in [2.05, 4.69) is 5.32 Å². The molecule has 0 aliphatic heterocycles. The number of nitrogens with zero attached hydrogens (tertiary/aromatic N) is 1. The number of nitrogens with one attached hydrogen (secondary N) is 1. The van der Waals surface area contributed by atoms with Crippen molar-refractivity contribution in [3.63, 3.8) is 0 Å². The van der Waals surface area contributed by atoms with Crippen molar-refractivity contribution < 1.29 is 9.59 Å². The zero-order valence-electron chi connectivity index (χ0n) is 8.63. The van der Waals surface area contributed by atoms with Crippen molar-refractivity contribution in [3.8, 4) is 0 Å². The predicted molar refractivity (Wildman–Crippen MR) is 53.4 cm³/mol. The first-order chi connectivity index (χ1) is 6.56. The van der Waals surface area contributed by atoms with Crippen LogP contribution in [0.15, 0.2) is 12.3 Å². The van der Waals surface area contributed by atoms with E-state index >= 15 is 0 Å². The molecular weight excluding hydrogens is 180 g/mol. The maximum absolute atomic E-state index is 11.5. The molecule has 0 bridgehead atoms. The normalized spacial score (nSPS) is 9.93. The highest BCUT2D eigenvalue weighted by Crippen LogP contribution is 2.07. The van der Waals surface area contributed by atoms with Gasteiger partial charge in [-0.15, -0.1) is 0 Å². The van der Waals surface area contributed by atoms with Gasteiger partial charge < -0.3 is 9.88 Å². The molecule has 76 valence electrons. The van der Waals surface area contributed by atoms with Crippen LogP contribution in [-0.4, -0.2) is 22.8 Å². The Labute approximate surface area is 82.9 Å². The van der Waals surface area contributed by atoms with Gasteiger partial charge in [0.1, 0.15) is 5.69 Å². The SMILES string of the molecule is CCNC(=O)c1cc(C(C)=O)cn1C. The Morgan fingerprint density at radius 2 is 2.14 bits per heavy atom. The van der Waals surface area contributed by atoms with Crippen LogP contribution in [-0.2, 0) is 7.05 Å². The molecule has 0 fully saturated rings. The molecule has 1 N–H and O–H groups in total. The number of ketones is 1. The van der Waals surface area contributed by atoms with Gasteiger partial charge in [0, 0.05) is 25.4 Å². The van der Waals surface area contributed by atoms with Crippen LogP contribution in [0, 0.1) is 0 Å². The summed E-state index contributed by atoms with van der Waals surface area (Å²) in [5.74, 6) is -0.182. The van der Waals surface area contributed by atoms with Crippen LogP contribution < -0.4 is 5.32 Å². The van der Waals surface area contributed by atoms with E-state index in [4.69, 9.17) is 0 Å². The number of rotatable bonds is 3. The second-order valence-corrected chi connectivity index (χ2v) is 3.14. The Kier molecular flexibility index (Phi) is 3.06. The first-order valence-electron chi connectivity index (χ1n) is 4.51. The van der Waals surface area contributed by atoms with Crippen LogP contribution in [0.2, 0.25) is 0 Å². The summed E-state index contributed by atoms with van der Waals surface area (Å²) in [7, 11) is 1.75. The van der Waals surface area contributed by atoms with Gasteiger partial charge in [0.25, 0.3) is 5.91 Å². The van der Waals surface area contributed by atoms with E-state index in [1.165, 1.54) is 6.92 Å². The molecule has 0 saturated heterocycles. The molecule has 0 spiro atoms. The van der Waals surface area contributed by atoms with Gasteiger partial charge >= 0.3 is 0 Å². The van der Waals surface area contributed by atoms with E-state index in [9.17, 15) is 9.59 Å². The highest BCUT2D eigenvalue weighted by atomic mass is 16.2. The molecule has 0 radical (unpaired) electrons. The van der Waals surface area contributed by atoms with Crippen LogP contribution >= 0.6 is 0 Å². The summed E-state index contributed by atoms with van der Waals surface area (Å²) in [6, 6.07) is 1.60. The van der Waals surface area contributed by atoms with Crippen molar-refractivity contribution in [2.75, 3.05) is 6.54 Å². The Bertz CT molecular complexity index is 366. The first kappa shape index (κ1) is 10.5. The van der Waals surface area contributed by atoms with E-state index < -0.39 is 0 Å². The quantitative estimate of drug-likeness (QED) is 0.729. The summed E-state index contributed by atoms with van der Waals surface area (Å²) < 4.78 is 1.65. The van der Waals surface area contributed by atoms with E-state index in [1.54, 1.807) is 23.9 Å². The first-order valence-corrected chi connectivity index (χ1v) is 4.51. The van der Waals surface area contributed by atoms with Crippen LogP contribution in [0.5, 0.6) is 0 Å². The van der Waals surface area contributed by atoms with Crippen LogP contribution in [0.3, 0.4) is 0 Å². The van der Waals surface area contributed by atoms with Gasteiger partial charge in [0.2, 0.25) is 0 Å². The molecule has 0 aliphatic carbocycles. The number of hydrogen-bond acceptors (Lipinski definition) is 2. The largest absolute Gasteiger partial charge is 0.351 e. The third kappa shape index (κ3) is 2.02. The van der Waals surface area contributed by atoms with Crippen molar-refractivity contribution in [3.05, 3.63) is 23.5 Å². The maximum atomic E-state index is 11.5. The number of aryl methyl sites for hydroxylation is 1. The molecule has 0 aromatic carbocycles. The zero-order chi connectivity index (χ0) is 10.7. The minimum absolute atomic E-state index is 0.0313. The topological polar surface area (TPSA) is 51.1 Å². The lowest BCUT2D eigenvalue weighted by atomic mass is 10.2. The minimum Gasteiger partial charge on any atom is -0.351 e. The summed E-state index contributed by atoms with van der Waals surface area (Å²) in [5, 5.41) is 2.68. The number of amides is 1. The average molecular weight is 194 g/mol. The monoisotopic (exact) mass is 194 g/mol.